The summed E-state index contributed by atoms with van der Waals surface area (Å²) in [6.07, 6.45) is 0. The van der Waals surface area contributed by atoms with Crippen molar-refractivity contribution >= 4 is 53.8 Å². The van der Waals surface area contributed by atoms with Gasteiger partial charge in [0.25, 0.3) is 10.1 Å². The summed E-state index contributed by atoms with van der Waals surface area (Å²) < 4.78 is 29.6. The van der Waals surface area contributed by atoms with Crippen molar-refractivity contribution in [1.29, 1.82) is 0 Å². The van der Waals surface area contributed by atoms with Gasteiger partial charge < -0.3 is 5.11 Å². The maximum absolute atomic E-state index is 10.5. The van der Waals surface area contributed by atoms with Crippen molar-refractivity contribution in [3.8, 4) is 0 Å². The molecule has 19 heavy (non-hydrogen) atoms. The molecule has 0 saturated heterocycles. The van der Waals surface area contributed by atoms with Crippen molar-refractivity contribution < 1.29 is 22.9 Å². The number of nitrogens with zero attached hydrogens (tertiary/aromatic N) is 1. The summed E-state index contributed by atoms with van der Waals surface area (Å²) in [5.74, 6) is -0.787. The van der Waals surface area contributed by atoms with Crippen molar-refractivity contribution in [3.63, 3.8) is 0 Å². The Bertz CT molecular complexity index is 484. The molecule has 0 bridgehead atoms. The number of carboxylic acid groups (broad SMARTS) is 1. The van der Waals surface area contributed by atoms with Gasteiger partial charge in [-0.2, -0.15) is 8.42 Å². The molecular weight excluding hydrogens is 298 g/mol. The first-order valence-electron chi connectivity index (χ1n) is 5.03. The Kier molecular flexibility index (Phi) is 10.8. The van der Waals surface area contributed by atoms with E-state index in [1.54, 1.807) is 31.1 Å². The summed E-state index contributed by atoms with van der Waals surface area (Å²) in [4.78, 5) is 11.3. The molecule has 0 aliphatic rings. The predicted molar refractivity (Wildman–Crippen MR) is 75.7 cm³/mol. The van der Waals surface area contributed by atoms with Gasteiger partial charge in [0.15, 0.2) is 0 Å². The molecule has 8 heteroatoms. The van der Waals surface area contributed by atoms with Crippen LogP contribution < -0.4 is 0 Å². The van der Waals surface area contributed by atoms with E-state index in [2.05, 4.69) is 0 Å². The van der Waals surface area contributed by atoms with E-state index in [1.807, 2.05) is 6.92 Å². The average Bonchev–Trinajstić information content (AvgIpc) is 2.15. The van der Waals surface area contributed by atoms with E-state index < -0.39 is 16.1 Å². The first kappa shape index (κ1) is 21.1. The van der Waals surface area contributed by atoms with Crippen LogP contribution in [0, 0.1) is 6.92 Å². The van der Waals surface area contributed by atoms with Gasteiger partial charge in [0.05, 0.1) is 11.4 Å². The molecule has 6 nitrogen and oxygen atoms in total. The quantitative estimate of drug-likeness (QED) is 0.600. The zero-order valence-electron chi connectivity index (χ0n) is 10.5. The summed E-state index contributed by atoms with van der Waals surface area (Å²) in [6, 6.07) is 5.99. The van der Waals surface area contributed by atoms with Crippen LogP contribution in [0.5, 0.6) is 0 Å². The van der Waals surface area contributed by atoms with Gasteiger partial charge in [-0.3, -0.25) is 14.2 Å². The molecule has 0 aliphatic heterocycles. The Morgan fingerprint density at radius 2 is 1.63 bits per heavy atom. The normalized spacial score (nSPS) is 10.2. The number of carboxylic acids is 1. The Balaban J connectivity index is 0. The third kappa shape index (κ3) is 11.4. The predicted octanol–water partition coefficient (Wildman–Crippen LogP) is -0.0419. The molecule has 0 aliphatic carbocycles. The van der Waals surface area contributed by atoms with Crippen LogP contribution in [0.4, 0.5) is 0 Å². The van der Waals surface area contributed by atoms with Crippen LogP contribution >= 0.6 is 0 Å². The zero-order chi connectivity index (χ0) is 14.3. The Hall–Kier alpha value is -0.180. The number of carbonyl (C=O) groups is 1. The molecule has 1 aromatic carbocycles. The third-order valence-electron chi connectivity index (χ3n) is 1.77. The summed E-state index contributed by atoms with van der Waals surface area (Å²) in [7, 11) is -0.587. The van der Waals surface area contributed by atoms with E-state index >= 15 is 0 Å². The number of aryl methyl sites for hydroxylation is 1. The number of rotatable bonds is 3. The maximum atomic E-state index is 10.5. The first-order chi connectivity index (χ1) is 8.12. The minimum atomic E-state index is -4.02. The minimum absolute atomic E-state index is 0. The van der Waals surface area contributed by atoms with E-state index in [0.29, 0.717) is 0 Å². The van der Waals surface area contributed by atoms with Crippen LogP contribution in [-0.2, 0) is 14.9 Å². The van der Waals surface area contributed by atoms with Gasteiger partial charge in [-0.15, -0.1) is 0 Å². The Morgan fingerprint density at radius 3 is 1.84 bits per heavy atom. The van der Waals surface area contributed by atoms with Gasteiger partial charge >= 0.3 is 43.7 Å². The van der Waals surface area contributed by atoms with Crippen LogP contribution in [-0.4, -0.2) is 87.3 Å². The summed E-state index contributed by atoms with van der Waals surface area (Å²) in [5.41, 5.74) is 0.956. The van der Waals surface area contributed by atoms with Crippen molar-refractivity contribution in [2.75, 3.05) is 20.6 Å². The van der Waals surface area contributed by atoms with Crippen LogP contribution in [0.1, 0.15) is 5.56 Å². The molecule has 1 rings (SSSR count). The van der Waals surface area contributed by atoms with Gasteiger partial charge in [-0.25, -0.2) is 0 Å². The fraction of sp³-hybridized carbons (Fsp3) is 0.364. The summed E-state index contributed by atoms with van der Waals surface area (Å²) in [5, 5.41) is 8.04. The summed E-state index contributed by atoms with van der Waals surface area (Å²) >= 11 is 0. The van der Waals surface area contributed by atoms with Gasteiger partial charge in [0.1, 0.15) is 0 Å². The second kappa shape index (κ2) is 9.68. The fourth-order valence-corrected chi connectivity index (χ4v) is 1.46. The van der Waals surface area contributed by atoms with E-state index in [4.69, 9.17) is 9.66 Å². The zero-order valence-corrected chi connectivity index (χ0v) is 11.3. The van der Waals surface area contributed by atoms with E-state index in [1.165, 1.54) is 12.1 Å². The third-order valence-corrected chi connectivity index (χ3v) is 2.64. The molecule has 0 radical (unpaired) electrons. The van der Waals surface area contributed by atoms with E-state index in [-0.39, 0.29) is 49.2 Å². The van der Waals surface area contributed by atoms with Crippen LogP contribution in [0.3, 0.4) is 0 Å². The molecule has 0 spiro atoms. The number of likely N-dealkylation sites (N-methyl/N-ethyl adjacent to an activating group) is 1. The van der Waals surface area contributed by atoms with E-state index in [9.17, 15) is 13.2 Å². The first-order valence-corrected chi connectivity index (χ1v) is 6.47. The number of benzene rings is 1. The SMILES string of the molecule is CN(C)CC(=O)O.Cc1ccc(S(=O)(=O)O)cc1.[CaH2]. The molecule has 0 unspecified atom stereocenters. The van der Waals surface area contributed by atoms with Gasteiger partial charge in [0, 0.05) is 0 Å². The molecule has 1 aromatic rings. The second-order valence-electron chi connectivity index (χ2n) is 3.92. The Labute approximate surface area is 143 Å². The Morgan fingerprint density at radius 1 is 1.21 bits per heavy atom. The van der Waals surface area contributed by atoms with Crippen LogP contribution in [0.25, 0.3) is 0 Å². The monoisotopic (exact) mass is 317 g/mol. The molecule has 0 amide bonds. The molecule has 0 fully saturated rings. The number of hydrogen-bond acceptors (Lipinski definition) is 4. The van der Waals surface area contributed by atoms with Crippen molar-refractivity contribution in [3.05, 3.63) is 29.8 Å². The standard InChI is InChI=1S/C7H8O3S.C4H9NO2.Ca.2H/c1-6-2-4-7(5-3-6)11(8,9)10;1-5(2)3-4(6)7;;;/h2-5H,1H3,(H,8,9,10);3H2,1-2H3,(H,6,7);;;. The second-order valence-corrected chi connectivity index (χ2v) is 5.34. The fourth-order valence-electron chi connectivity index (χ4n) is 0.981. The molecular formula is C11H19CaNO5S. The molecule has 0 atom stereocenters. The molecule has 0 saturated carbocycles. The van der Waals surface area contributed by atoms with Crippen molar-refractivity contribution in [2.24, 2.45) is 0 Å². The molecule has 2 N–H and O–H groups in total. The van der Waals surface area contributed by atoms with Crippen molar-refractivity contribution in [2.45, 2.75) is 11.8 Å². The van der Waals surface area contributed by atoms with Gasteiger partial charge in [0.2, 0.25) is 0 Å². The molecule has 106 valence electrons. The topological polar surface area (TPSA) is 94.9 Å². The number of hydrogen-bond donors (Lipinski definition) is 2. The van der Waals surface area contributed by atoms with Gasteiger partial charge in [-0.1, -0.05) is 17.7 Å². The van der Waals surface area contributed by atoms with Crippen molar-refractivity contribution in [1.82, 2.24) is 4.90 Å². The average molecular weight is 317 g/mol. The van der Waals surface area contributed by atoms with Gasteiger partial charge in [-0.05, 0) is 33.2 Å². The molecule has 0 heterocycles. The van der Waals surface area contributed by atoms with Crippen LogP contribution in [0.15, 0.2) is 29.2 Å². The number of aliphatic carboxylic acids is 1. The summed E-state index contributed by atoms with van der Waals surface area (Å²) in [6.45, 7) is 1.95. The van der Waals surface area contributed by atoms with Crippen LogP contribution in [0.2, 0.25) is 0 Å². The molecule has 0 aromatic heterocycles. The van der Waals surface area contributed by atoms with E-state index in [0.717, 1.165) is 5.56 Å².